The van der Waals surface area contributed by atoms with Crippen molar-refractivity contribution in [3.8, 4) is 0 Å². The second-order valence-electron chi connectivity index (χ2n) is 6.47. The van der Waals surface area contributed by atoms with Crippen molar-refractivity contribution < 1.29 is 9.21 Å². The van der Waals surface area contributed by atoms with Gasteiger partial charge in [0, 0.05) is 28.7 Å². The largest absolute Gasteiger partial charge is 0.440 e. The van der Waals surface area contributed by atoms with E-state index in [4.69, 9.17) is 4.42 Å². The molecule has 126 valence electrons. The van der Waals surface area contributed by atoms with Gasteiger partial charge in [0.15, 0.2) is 11.5 Å². The topological polar surface area (TPSA) is 70.9 Å². The van der Waals surface area contributed by atoms with Crippen LogP contribution in [0.4, 0.5) is 5.69 Å². The SMILES string of the molecule is CC(C)c1nc2cc(NC(=O)Cc3c[nH]c4ccccc34)ccc2o1. The molecule has 0 bridgehead atoms. The third-order valence-corrected chi connectivity index (χ3v) is 4.21. The maximum atomic E-state index is 12.4. The Morgan fingerprint density at radius 1 is 1.24 bits per heavy atom. The molecule has 4 rings (SSSR count). The minimum Gasteiger partial charge on any atom is -0.440 e. The summed E-state index contributed by atoms with van der Waals surface area (Å²) in [6, 6.07) is 13.5. The number of hydrogen-bond acceptors (Lipinski definition) is 3. The zero-order valence-electron chi connectivity index (χ0n) is 14.2. The smallest absolute Gasteiger partial charge is 0.228 e. The van der Waals surface area contributed by atoms with Crippen molar-refractivity contribution in [1.82, 2.24) is 9.97 Å². The maximum absolute atomic E-state index is 12.4. The number of oxazole rings is 1. The fourth-order valence-electron chi connectivity index (χ4n) is 2.93. The van der Waals surface area contributed by atoms with Gasteiger partial charge in [0.2, 0.25) is 5.91 Å². The van der Waals surface area contributed by atoms with Gasteiger partial charge in [-0.3, -0.25) is 4.79 Å². The van der Waals surface area contributed by atoms with E-state index in [1.807, 2.05) is 62.5 Å². The molecule has 2 heterocycles. The highest BCUT2D eigenvalue weighted by molar-refractivity contribution is 5.96. The summed E-state index contributed by atoms with van der Waals surface area (Å²) < 4.78 is 5.69. The number of nitrogens with zero attached hydrogens (tertiary/aromatic N) is 1. The van der Waals surface area contributed by atoms with Crippen LogP contribution in [0.3, 0.4) is 0 Å². The minimum absolute atomic E-state index is 0.0586. The normalized spacial score (nSPS) is 11.5. The van der Waals surface area contributed by atoms with Crippen molar-refractivity contribution in [3.63, 3.8) is 0 Å². The second kappa shape index (κ2) is 6.09. The van der Waals surface area contributed by atoms with E-state index in [1.54, 1.807) is 0 Å². The van der Waals surface area contributed by atoms with Crippen molar-refractivity contribution in [1.29, 1.82) is 0 Å². The average molecular weight is 333 g/mol. The van der Waals surface area contributed by atoms with Gasteiger partial charge < -0.3 is 14.7 Å². The number of carbonyl (C=O) groups is 1. The quantitative estimate of drug-likeness (QED) is 0.573. The first-order valence-corrected chi connectivity index (χ1v) is 8.35. The average Bonchev–Trinajstić information content (AvgIpc) is 3.19. The first-order chi connectivity index (χ1) is 12.1. The Morgan fingerprint density at radius 3 is 2.92 bits per heavy atom. The fourth-order valence-corrected chi connectivity index (χ4v) is 2.93. The molecule has 0 aliphatic rings. The number of aromatic nitrogens is 2. The van der Waals surface area contributed by atoms with Crippen LogP contribution in [0.15, 0.2) is 53.1 Å². The summed E-state index contributed by atoms with van der Waals surface area (Å²) in [6.45, 7) is 4.07. The highest BCUT2D eigenvalue weighted by Gasteiger charge is 2.12. The Labute approximate surface area is 145 Å². The van der Waals surface area contributed by atoms with Crippen LogP contribution >= 0.6 is 0 Å². The molecule has 0 radical (unpaired) electrons. The van der Waals surface area contributed by atoms with Crippen LogP contribution < -0.4 is 5.32 Å². The molecule has 0 aliphatic heterocycles. The molecule has 5 heteroatoms. The number of benzene rings is 2. The lowest BCUT2D eigenvalue weighted by atomic mass is 10.1. The van der Waals surface area contributed by atoms with Gasteiger partial charge in [-0.15, -0.1) is 0 Å². The number of H-pyrrole nitrogens is 1. The van der Waals surface area contributed by atoms with E-state index in [2.05, 4.69) is 15.3 Å². The van der Waals surface area contributed by atoms with Gasteiger partial charge in [-0.25, -0.2) is 4.98 Å². The standard InChI is InChI=1S/C20H19N3O2/c1-12(2)20-23-17-10-14(7-8-18(17)25-20)22-19(24)9-13-11-21-16-6-4-3-5-15(13)16/h3-8,10-12,21H,9H2,1-2H3,(H,22,24). The molecular formula is C20H19N3O2. The number of rotatable bonds is 4. The Morgan fingerprint density at radius 2 is 2.08 bits per heavy atom. The van der Waals surface area contributed by atoms with Crippen molar-refractivity contribution in [3.05, 3.63) is 60.1 Å². The van der Waals surface area contributed by atoms with Crippen LogP contribution in [0, 0.1) is 0 Å². The zero-order chi connectivity index (χ0) is 17.4. The molecule has 0 aliphatic carbocycles. The fraction of sp³-hybridized carbons (Fsp3) is 0.200. The van der Waals surface area contributed by atoms with Gasteiger partial charge in [-0.1, -0.05) is 32.0 Å². The van der Waals surface area contributed by atoms with Gasteiger partial charge in [-0.05, 0) is 29.8 Å². The zero-order valence-corrected chi connectivity index (χ0v) is 14.2. The summed E-state index contributed by atoms with van der Waals surface area (Å²) in [5, 5.41) is 4.02. The highest BCUT2D eigenvalue weighted by Crippen LogP contribution is 2.24. The van der Waals surface area contributed by atoms with Crippen molar-refractivity contribution in [2.75, 3.05) is 5.32 Å². The molecule has 4 aromatic rings. The van der Waals surface area contributed by atoms with Gasteiger partial charge in [0.25, 0.3) is 0 Å². The molecule has 5 nitrogen and oxygen atoms in total. The van der Waals surface area contributed by atoms with Gasteiger partial charge >= 0.3 is 0 Å². The van der Waals surface area contributed by atoms with Crippen LogP contribution in [-0.4, -0.2) is 15.9 Å². The molecule has 0 unspecified atom stereocenters. The Bertz CT molecular complexity index is 1060. The number of anilines is 1. The van der Waals surface area contributed by atoms with Crippen molar-refractivity contribution in [2.24, 2.45) is 0 Å². The molecule has 0 saturated carbocycles. The van der Waals surface area contributed by atoms with Gasteiger partial charge in [0.05, 0.1) is 6.42 Å². The molecule has 0 spiro atoms. The lowest BCUT2D eigenvalue weighted by Crippen LogP contribution is -2.14. The Kier molecular flexibility index (Phi) is 3.76. The van der Waals surface area contributed by atoms with Crippen molar-refractivity contribution in [2.45, 2.75) is 26.2 Å². The first kappa shape index (κ1) is 15.4. The van der Waals surface area contributed by atoms with Crippen LogP contribution in [0.5, 0.6) is 0 Å². The van der Waals surface area contributed by atoms with E-state index in [0.29, 0.717) is 12.3 Å². The molecule has 1 amide bonds. The number of para-hydroxylation sites is 1. The number of fused-ring (bicyclic) bond motifs is 2. The van der Waals surface area contributed by atoms with Gasteiger partial charge in [-0.2, -0.15) is 0 Å². The number of aromatic amines is 1. The molecular weight excluding hydrogens is 314 g/mol. The molecule has 2 N–H and O–H groups in total. The monoisotopic (exact) mass is 333 g/mol. The molecule has 0 saturated heterocycles. The molecule has 0 fully saturated rings. The summed E-state index contributed by atoms with van der Waals surface area (Å²) in [7, 11) is 0. The lowest BCUT2D eigenvalue weighted by molar-refractivity contribution is -0.115. The summed E-state index contributed by atoms with van der Waals surface area (Å²) in [6.07, 6.45) is 2.21. The minimum atomic E-state index is -0.0586. The van der Waals surface area contributed by atoms with E-state index in [0.717, 1.165) is 33.3 Å². The number of hydrogen-bond donors (Lipinski definition) is 2. The van der Waals surface area contributed by atoms with Crippen LogP contribution in [0.2, 0.25) is 0 Å². The van der Waals surface area contributed by atoms with E-state index in [-0.39, 0.29) is 11.8 Å². The third kappa shape index (κ3) is 3.01. The van der Waals surface area contributed by atoms with Crippen LogP contribution in [0.25, 0.3) is 22.0 Å². The highest BCUT2D eigenvalue weighted by atomic mass is 16.3. The first-order valence-electron chi connectivity index (χ1n) is 8.35. The van der Waals surface area contributed by atoms with E-state index < -0.39 is 0 Å². The van der Waals surface area contributed by atoms with Crippen LogP contribution in [0.1, 0.15) is 31.2 Å². The Hall–Kier alpha value is -3.08. The summed E-state index contributed by atoms with van der Waals surface area (Å²) in [4.78, 5) is 20.1. The number of nitrogens with one attached hydrogen (secondary N) is 2. The van der Waals surface area contributed by atoms with Crippen LogP contribution in [-0.2, 0) is 11.2 Å². The maximum Gasteiger partial charge on any atom is 0.228 e. The van der Waals surface area contributed by atoms with E-state index in [1.165, 1.54) is 0 Å². The van der Waals surface area contributed by atoms with Gasteiger partial charge in [0.1, 0.15) is 5.52 Å². The third-order valence-electron chi connectivity index (χ3n) is 4.21. The Balaban J connectivity index is 1.53. The molecule has 25 heavy (non-hydrogen) atoms. The predicted molar refractivity (Wildman–Crippen MR) is 98.7 cm³/mol. The second-order valence-corrected chi connectivity index (χ2v) is 6.47. The summed E-state index contributed by atoms with van der Waals surface area (Å²) >= 11 is 0. The number of amides is 1. The van der Waals surface area contributed by atoms with E-state index in [9.17, 15) is 4.79 Å². The molecule has 0 atom stereocenters. The lowest BCUT2D eigenvalue weighted by Gasteiger charge is -2.04. The predicted octanol–water partition coefficient (Wildman–Crippen LogP) is 4.61. The van der Waals surface area contributed by atoms with E-state index >= 15 is 0 Å². The molecule has 2 aromatic carbocycles. The molecule has 2 aromatic heterocycles. The summed E-state index contributed by atoms with van der Waals surface area (Å²) in [5.41, 5.74) is 4.24. The number of carbonyl (C=O) groups excluding carboxylic acids is 1. The van der Waals surface area contributed by atoms with Crippen molar-refractivity contribution >= 4 is 33.6 Å². The summed E-state index contributed by atoms with van der Waals surface area (Å²) in [5.74, 6) is 0.876.